The van der Waals surface area contributed by atoms with Crippen LogP contribution in [0.15, 0.2) is 24.3 Å². The fourth-order valence-corrected chi connectivity index (χ4v) is 1.20. The molecule has 1 radical (unpaired) electrons. The number of nitrogens with one attached hydrogen (secondary N) is 1. The molecule has 0 bridgehead atoms. The lowest BCUT2D eigenvalue weighted by molar-refractivity contribution is 0.0528. The third kappa shape index (κ3) is 5.39. The molecule has 0 aliphatic carbocycles. The highest BCUT2D eigenvalue weighted by Crippen LogP contribution is 2.06. The molecule has 0 heterocycles. The molecule has 0 saturated heterocycles. The Kier molecular flexibility index (Phi) is 4.35. The highest BCUT2D eigenvalue weighted by molar-refractivity contribution is 5.67. The Morgan fingerprint density at radius 2 is 2.19 bits per heavy atom. The molecule has 0 fully saturated rings. The molecule has 1 rings (SSSR count). The van der Waals surface area contributed by atoms with Crippen molar-refractivity contribution in [2.75, 3.05) is 6.54 Å². The van der Waals surface area contributed by atoms with E-state index in [9.17, 15) is 4.79 Å². The summed E-state index contributed by atoms with van der Waals surface area (Å²) in [6.45, 7) is 6.10. The van der Waals surface area contributed by atoms with E-state index in [1.54, 1.807) is 0 Å². The van der Waals surface area contributed by atoms with Gasteiger partial charge in [0.05, 0.1) is 0 Å². The van der Waals surface area contributed by atoms with E-state index >= 15 is 0 Å². The fraction of sp³-hybridized carbons (Fsp3) is 0.462. The van der Waals surface area contributed by atoms with Gasteiger partial charge in [-0.1, -0.05) is 24.3 Å². The van der Waals surface area contributed by atoms with Gasteiger partial charge in [-0.05, 0) is 38.8 Å². The molecule has 16 heavy (non-hydrogen) atoms. The van der Waals surface area contributed by atoms with E-state index in [1.807, 2.05) is 45.0 Å². The van der Waals surface area contributed by atoms with Gasteiger partial charge >= 0.3 is 6.09 Å². The maximum atomic E-state index is 11.3. The molecule has 1 aromatic carbocycles. The molecule has 1 amide bonds. The van der Waals surface area contributed by atoms with Crippen molar-refractivity contribution >= 4 is 6.09 Å². The van der Waals surface area contributed by atoms with Crippen LogP contribution in [-0.2, 0) is 11.2 Å². The summed E-state index contributed by atoms with van der Waals surface area (Å²) in [6.07, 6.45) is 0.392. The van der Waals surface area contributed by atoms with Crippen LogP contribution in [0, 0.1) is 6.07 Å². The number of hydrogen-bond donors (Lipinski definition) is 1. The third-order valence-corrected chi connectivity index (χ3v) is 1.84. The Hall–Kier alpha value is -1.51. The molecule has 87 valence electrons. The molecule has 0 saturated carbocycles. The van der Waals surface area contributed by atoms with E-state index < -0.39 is 5.60 Å². The lowest BCUT2D eigenvalue weighted by Crippen LogP contribution is -2.33. The van der Waals surface area contributed by atoms with Gasteiger partial charge in [0.2, 0.25) is 0 Å². The highest BCUT2D eigenvalue weighted by atomic mass is 16.6. The first kappa shape index (κ1) is 12.6. The van der Waals surface area contributed by atoms with Gasteiger partial charge in [0.25, 0.3) is 0 Å². The Labute approximate surface area is 96.8 Å². The van der Waals surface area contributed by atoms with Crippen molar-refractivity contribution in [2.24, 2.45) is 0 Å². The zero-order valence-corrected chi connectivity index (χ0v) is 10.0. The third-order valence-electron chi connectivity index (χ3n) is 1.84. The van der Waals surface area contributed by atoms with Crippen LogP contribution in [-0.4, -0.2) is 18.2 Å². The molecule has 0 aromatic heterocycles. The zero-order chi connectivity index (χ0) is 12.0. The Morgan fingerprint density at radius 1 is 1.44 bits per heavy atom. The van der Waals surface area contributed by atoms with Crippen LogP contribution in [0.5, 0.6) is 0 Å². The topological polar surface area (TPSA) is 38.3 Å². The molecule has 3 heteroatoms. The molecular weight excluding hydrogens is 202 g/mol. The number of hydrogen-bond acceptors (Lipinski definition) is 2. The number of amides is 1. The summed E-state index contributed by atoms with van der Waals surface area (Å²) in [7, 11) is 0. The van der Waals surface area contributed by atoms with Crippen molar-refractivity contribution in [1.82, 2.24) is 5.32 Å². The first-order chi connectivity index (χ1) is 7.47. The smallest absolute Gasteiger partial charge is 0.407 e. The highest BCUT2D eigenvalue weighted by Gasteiger charge is 2.15. The molecule has 3 nitrogen and oxygen atoms in total. The van der Waals surface area contributed by atoms with E-state index in [1.165, 1.54) is 0 Å². The van der Waals surface area contributed by atoms with Crippen molar-refractivity contribution in [1.29, 1.82) is 0 Å². The number of rotatable bonds is 3. The number of ether oxygens (including phenoxy) is 1. The predicted octanol–water partition coefficient (Wildman–Crippen LogP) is 2.55. The number of alkyl carbamates (subject to hydrolysis) is 1. The van der Waals surface area contributed by atoms with E-state index in [4.69, 9.17) is 4.74 Å². The van der Waals surface area contributed by atoms with Crippen molar-refractivity contribution in [3.05, 3.63) is 35.9 Å². The van der Waals surface area contributed by atoms with Crippen molar-refractivity contribution in [3.8, 4) is 0 Å². The van der Waals surface area contributed by atoms with E-state index in [0.29, 0.717) is 6.54 Å². The minimum atomic E-state index is -0.442. The minimum Gasteiger partial charge on any atom is -0.444 e. The second-order valence-electron chi connectivity index (χ2n) is 4.57. The van der Waals surface area contributed by atoms with Crippen LogP contribution >= 0.6 is 0 Å². The second-order valence-corrected chi connectivity index (χ2v) is 4.57. The summed E-state index contributed by atoms with van der Waals surface area (Å²) in [6, 6.07) is 10.8. The largest absolute Gasteiger partial charge is 0.444 e. The average Bonchev–Trinajstić information content (AvgIpc) is 2.16. The van der Waals surface area contributed by atoms with Gasteiger partial charge in [-0.3, -0.25) is 0 Å². The Bertz CT molecular complexity index is 328. The molecule has 0 aliphatic rings. The number of carbonyl (C=O) groups excluding carboxylic acids is 1. The van der Waals surface area contributed by atoms with Crippen molar-refractivity contribution in [3.63, 3.8) is 0 Å². The van der Waals surface area contributed by atoms with E-state index in [2.05, 4.69) is 11.4 Å². The number of benzene rings is 1. The zero-order valence-electron chi connectivity index (χ0n) is 10.0. The fourth-order valence-electron chi connectivity index (χ4n) is 1.20. The van der Waals surface area contributed by atoms with Crippen LogP contribution in [0.25, 0.3) is 0 Å². The van der Waals surface area contributed by atoms with E-state index in [-0.39, 0.29) is 6.09 Å². The van der Waals surface area contributed by atoms with Crippen LogP contribution < -0.4 is 5.32 Å². The van der Waals surface area contributed by atoms with Crippen LogP contribution in [0.4, 0.5) is 4.79 Å². The van der Waals surface area contributed by atoms with Crippen LogP contribution in [0.1, 0.15) is 26.3 Å². The Morgan fingerprint density at radius 3 is 2.75 bits per heavy atom. The summed E-state index contributed by atoms with van der Waals surface area (Å²) in [5.41, 5.74) is 0.640. The summed E-state index contributed by atoms with van der Waals surface area (Å²) in [5, 5.41) is 2.71. The molecule has 1 N–H and O–H groups in total. The lowest BCUT2D eigenvalue weighted by atomic mass is 10.1. The molecule has 0 atom stereocenters. The minimum absolute atomic E-state index is 0.372. The predicted molar refractivity (Wildman–Crippen MR) is 63.2 cm³/mol. The van der Waals surface area contributed by atoms with Gasteiger partial charge in [-0.2, -0.15) is 0 Å². The van der Waals surface area contributed by atoms with Crippen LogP contribution in [0.2, 0.25) is 0 Å². The lowest BCUT2D eigenvalue weighted by Gasteiger charge is -2.19. The monoisotopic (exact) mass is 220 g/mol. The van der Waals surface area contributed by atoms with Gasteiger partial charge < -0.3 is 10.1 Å². The quantitative estimate of drug-likeness (QED) is 0.850. The summed E-state index contributed by atoms with van der Waals surface area (Å²) in [4.78, 5) is 11.3. The maximum Gasteiger partial charge on any atom is 0.407 e. The average molecular weight is 220 g/mol. The van der Waals surface area contributed by atoms with Gasteiger partial charge in [0.15, 0.2) is 0 Å². The van der Waals surface area contributed by atoms with Gasteiger partial charge in [0, 0.05) is 6.54 Å². The summed E-state index contributed by atoms with van der Waals surface area (Å²) in [5.74, 6) is 0. The SMILES string of the molecule is CC(C)(C)OC(=O)NCCc1[c]cccc1. The molecule has 0 aliphatic heterocycles. The normalized spacial score (nSPS) is 10.9. The molecule has 0 spiro atoms. The van der Waals surface area contributed by atoms with Crippen molar-refractivity contribution < 1.29 is 9.53 Å². The van der Waals surface area contributed by atoms with Gasteiger partial charge in [-0.25, -0.2) is 4.79 Å². The molecule has 0 unspecified atom stereocenters. The maximum absolute atomic E-state index is 11.3. The van der Waals surface area contributed by atoms with E-state index in [0.717, 1.165) is 12.0 Å². The molecule has 1 aromatic rings. The Balaban J connectivity index is 2.24. The standard InChI is InChI=1S/C13H18NO2/c1-13(2,3)16-12(15)14-10-9-11-7-5-4-6-8-11/h4-7H,9-10H2,1-3H3,(H,14,15). The van der Waals surface area contributed by atoms with Gasteiger partial charge in [0.1, 0.15) is 5.60 Å². The number of carbonyl (C=O) groups is 1. The van der Waals surface area contributed by atoms with Crippen molar-refractivity contribution in [2.45, 2.75) is 32.8 Å². The summed E-state index contributed by atoms with van der Waals surface area (Å²) >= 11 is 0. The first-order valence-corrected chi connectivity index (χ1v) is 5.40. The summed E-state index contributed by atoms with van der Waals surface area (Å²) < 4.78 is 5.12. The second kappa shape index (κ2) is 5.54. The van der Waals surface area contributed by atoms with Crippen LogP contribution in [0.3, 0.4) is 0 Å². The van der Waals surface area contributed by atoms with Gasteiger partial charge in [-0.15, -0.1) is 0 Å². The molecular formula is C13H18NO2. The first-order valence-electron chi connectivity index (χ1n) is 5.40.